The Morgan fingerprint density at radius 1 is 0.829 bits per heavy atom. The van der Waals surface area contributed by atoms with Crippen molar-refractivity contribution in [1.82, 2.24) is 8.96 Å². The molecule has 0 unspecified atom stereocenters. The van der Waals surface area contributed by atoms with Crippen LogP contribution in [-0.2, 0) is 16.4 Å². The first-order valence-electron chi connectivity index (χ1n) is 12.1. The van der Waals surface area contributed by atoms with Crippen molar-refractivity contribution in [2.45, 2.75) is 37.5 Å². The van der Waals surface area contributed by atoms with Crippen molar-refractivity contribution in [3.63, 3.8) is 0 Å². The molecule has 4 nitrogen and oxygen atoms in total. The lowest BCUT2D eigenvalue weighted by molar-refractivity contribution is 0.590. The lowest BCUT2D eigenvalue weighted by atomic mass is 10.0. The first kappa shape index (κ1) is 23.1. The molecule has 0 bridgehead atoms. The van der Waals surface area contributed by atoms with Crippen LogP contribution in [0.3, 0.4) is 0 Å². The van der Waals surface area contributed by atoms with E-state index in [0.29, 0.717) is 11.2 Å². The third-order valence-corrected chi connectivity index (χ3v) is 8.04. The molecule has 0 amide bonds. The molecule has 0 fully saturated rings. The van der Waals surface area contributed by atoms with E-state index in [2.05, 4.69) is 42.3 Å². The normalized spacial score (nSPS) is 12.1. The van der Waals surface area contributed by atoms with E-state index in [0.717, 1.165) is 53.1 Å². The van der Waals surface area contributed by atoms with Gasteiger partial charge in [0.2, 0.25) is 0 Å². The van der Waals surface area contributed by atoms with Crippen LogP contribution in [0, 0.1) is 0 Å². The fourth-order valence-corrected chi connectivity index (χ4v) is 6.05. The highest BCUT2D eigenvalue weighted by atomic mass is 32.2. The number of benzene rings is 3. The van der Waals surface area contributed by atoms with Crippen molar-refractivity contribution >= 4 is 44.1 Å². The van der Waals surface area contributed by atoms with Crippen LogP contribution in [-0.4, -0.2) is 17.4 Å². The number of pyridine rings is 1. The Bertz CT molecular complexity index is 1600. The summed E-state index contributed by atoms with van der Waals surface area (Å²) in [4.78, 5) is 4.84. The SMILES string of the molecule is CCCCCc1ccnc2c1c1cc(C=Cc3ccccc3)ccc1n2S(=O)(=O)c1ccccc1. The van der Waals surface area contributed by atoms with Crippen molar-refractivity contribution in [3.8, 4) is 0 Å². The maximum atomic E-state index is 13.8. The minimum atomic E-state index is -3.82. The van der Waals surface area contributed by atoms with Gasteiger partial charge in [0.15, 0.2) is 5.65 Å². The van der Waals surface area contributed by atoms with E-state index in [1.807, 2.05) is 42.5 Å². The zero-order valence-electron chi connectivity index (χ0n) is 19.8. The molecule has 0 spiro atoms. The van der Waals surface area contributed by atoms with Crippen LogP contribution in [0.25, 0.3) is 34.1 Å². The van der Waals surface area contributed by atoms with E-state index < -0.39 is 10.0 Å². The molecule has 0 aliphatic rings. The van der Waals surface area contributed by atoms with E-state index in [1.165, 1.54) is 3.97 Å². The number of aryl methyl sites for hydroxylation is 1. The number of aromatic nitrogens is 2. The average Bonchev–Trinajstić information content (AvgIpc) is 3.24. The standard InChI is InChI=1S/C30H28N2O2S/c1-2-3-6-13-25-20-21-31-30-29(25)27-22-24(17-16-23-11-7-4-8-12-23)18-19-28(27)32(30)35(33,34)26-14-9-5-10-15-26/h4-5,7-12,14-22H,2-3,6,13H2,1H3. The van der Waals surface area contributed by atoms with Crippen molar-refractivity contribution in [2.75, 3.05) is 0 Å². The molecule has 0 aliphatic carbocycles. The summed E-state index contributed by atoms with van der Waals surface area (Å²) in [5, 5.41) is 1.84. The Balaban J connectivity index is 1.73. The monoisotopic (exact) mass is 480 g/mol. The summed E-state index contributed by atoms with van der Waals surface area (Å²) in [5.41, 5.74) is 4.40. The topological polar surface area (TPSA) is 52.0 Å². The highest BCUT2D eigenvalue weighted by Crippen LogP contribution is 2.35. The number of hydrogen-bond donors (Lipinski definition) is 0. The summed E-state index contributed by atoms with van der Waals surface area (Å²) in [6, 6.07) is 26.7. The largest absolute Gasteiger partial charge is 0.269 e. The number of nitrogens with zero attached hydrogens (tertiary/aromatic N) is 2. The Kier molecular flexibility index (Phi) is 6.51. The van der Waals surface area contributed by atoms with E-state index in [-0.39, 0.29) is 4.90 Å². The molecule has 2 aromatic heterocycles. The van der Waals surface area contributed by atoms with Crippen LogP contribution in [0.4, 0.5) is 0 Å². The predicted octanol–water partition coefficient (Wildman–Crippen LogP) is 7.33. The number of rotatable bonds is 8. The van der Waals surface area contributed by atoms with Crippen LogP contribution in [0.15, 0.2) is 96.0 Å². The average molecular weight is 481 g/mol. The maximum Gasteiger partial charge on any atom is 0.269 e. The third-order valence-electron chi connectivity index (χ3n) is 6.32. The fourth-order valence-electron chi connectivity index (χ4n) is 4.56. The summed E-state index contributed by atoms with van der Waals surface area (Å²) >= 11 is 0. The Labute approximate surface area is 206 Å². The molecule has 0 aliphatic heterocycles. The molecule has 0 radical (unpaired) electrons. The summed E-state index contributed by atoms with van der Waals surface area (Å²) in [5.74, 6) is 0. The highest BCUT2D eigenvalue weighted by molar-refractivity contribution is 7.90. The first-order valence-corrected chi connectivity index (χ1v) is 13.5. The molecular formula is C30H28N2O2S. The number of unbranched alkanes of at least 4 members (excludes halogenated alkanes) is 2. The van der Waals surface area contributed by atoms with Crippen molar-refractivity contribution < 1.29 is 8.42 Å². The molecule has 5 aromatic rings. The Morgan fingerprint density at radius 3 is 2.29 bits per heavy atom. The molecule has 35 heavy (non-hydrogen) atoms. The fraction of sp³-hybridized carbons (Fsp3) is 0.167. The van der Waals surface area contributed by atoms with Gasteiger partial charge in [0.25, 0.3) is 10.0 Å². The molecule has 5 rings (SSSR count). The van der Waals surface area contributed by atoms with Gasteiger partial charge < -0.3 is 0 Å². The summed E-state index contributed by atoms with van der Waals surface area (Å²) in [6.45, 7) is 2.19. The second-order valence-electron chi connectivity index (χ2n) is 8.73. The zero-order chi connectivity index (χ0) is 24.3. The molecule has 0 saturated heterocycles. The van der Waals surface area contributed by atoms with Gasteiger partial charge in [-0.2, -0.15) is 0 Å². The van der Waals surface area contributed by atoms with E-state index in [9.17, 15) is 8.42 Å². The minimum absolute atomic E-state index is 0.255. The van der Waals surface area contributed by atoms with Gasteiger partial charge in [-0.05, 0) is 59.9 Å². The smallest absolute Gasteiger partial charge is 0.237 e. The van der Waals surface area contributed by atoms with Gasteiger partial charge >= 0.3 is 0 Å². The van der Waals surface area contributed by atoms with Gasteiger partial charge in [-0.15, -0.1) is 0 Å². The lowest BCUT2D eigenvalue weighted by Crippen LogP contribution is -2.13. The zero-order valence-corrected chi connectivity index (χ0v) is 20.6. The summed E-state index contributed by atoms with van der Waals surface area (Å²) < 4.78 is 29.0. The third kappa shape index (κ3) is 4.52. The van der Waals surface area contributed by atoms with Gasteiger partial charge in [0.05, 0.1) is 10.4 Å². The molecule has 0 atom stereocenters. The molecule has 3 aromatic carbocycles. The lowest BCUT2D eigenvalue weighted by Gasteiger charge is -2.09. The maximum absolute atomic E-state index is 13.8. The van der Waals surface area contributed by atoms with Crippen molar-refractivity contribution in [2.24, 2.45) is 0 Å². The van der Waals surface area contributed by atoms with Gasteiger partial charge in [-0.3, -0.25) is 0 Å². The second kappa shape index (κ2) is 9.88. The van der Waals surface area contributed by atoms with Crippen LogP contribution in [0.1, 0.15) is 42.9 Å². The minimum Gasteiger partial charge on any atom is -0.237 e. The van der Waals surface area contributed by atoms with Gasteiger partial charge in [0, 0.05) is 17.0 Å². The Hall–Kier alpha value is -3.70. The number of hydrogen-bond acceptors (Lipinski definition) is 3. The summed E-state index contributed by atoms with van der Waals surface area (Å²) in [7, 11) is -3.82. The molecule has 5 heteroatoms. The van der Waals surface area contributed by atoms with Gasteiger partial charge in [-0.1, -0.05) is 86.5 Å². The van der Waals surface area contributed by atoms with Crippen LogP contribution in [0.2, 0.25) is 0 Å². The van der Waals surface area contributed by atoms with Gasteiger partial charge in [-0.25, -0.2) is 17.4 Å². The quantitative estimate of drug-likeness (QED) is 0.173. The summed E-state index contributed by atoms with van der Waals surface area (Å²) in [6.07, 6.45) is 10.1. The molecule has 2 heterocycles. The van der Waals surface area contributed by atoms with Crippen molar-refractivity contribution in [1.29, 1.82) is 0 Å². The number of fused-ring (bicyclic) bond motifs is 3. The Morgan fingerprint density at radius 2 is 1.54 bits per heavy atom. The molecule has 176 valence electrons. The van der Waals surface area contributed by atoms with Crippen molar-refractivity contribution in [3.05, 3.63) is 108 Å². The molecule has 0 N–H and O–H groups in total. The highest BCUT2D eigenvalue weighted by Gasteiger charge is 2.25. The van der Waals surface area contributed by atoms with E-state index >= 15 is 0 Å². The predicted molar refractivity (Wildman–Crippen MR) is 145 cm³/mol. The van der Waals surface area contributed by atoms with Crippen LogP contribution in [0.5, 0.6) is 0 Å². The molecule has 0 saturated carbocycles. The van der Waals surface area contributed by atoms with Gasteiger partial charge in [0.1, 0.15) is 0 Å². The first-order chi connectivity index (χ1) is 17.1. The molecular weight excluding hydrogens is 452 g/mol. The van der Waals surface area contributed by atoms with Crippen LogP contribution < -0.4 is 0 Å². The van der Waals surface area contributed by atoms with E-state index in [1.54, 1.807) is 30.5 Å². The van der Waals surface area contributed by atoms with E-state index in [4.69, 9.17) is 0 Å². The second-order valence-corrected chi connectivity index (χ2v) is 10.5. The van der Waals surface area contributed by atoms with Crippen LogP contribution >= 0.6 is 0 Å².